The minimum atomic E-state index is -0.518. The molecular formula is C15H21BrF2S. The molecule has 19 heavy (non-hydrogen) atoms. The molecule has 0 unspecified atom stereocenters. The topological polar surface area (TPSA) is 0 Å². The van der Waals surface area contributed by atoms with E-state index in [0.29, 0.717) is 4.90 Å². The Balaban J connectivity index is 2.74. The van der Waals surface area contributed by atoms with E-state index in [9.17, 15) is 8.78 Å². The first-order valence-electron chi connectivity index (χ1n) is 6.70. The molecule has 0 radical (unpaired) electrons. The summed E-state index contributed by atoms with van der Waals surface area (Å²) in [7, 11) is 0. The molecule has 0 aliphatic carbocycles. The van der Waals surface area contributed by atoms with Crippen LogP contribution >= 0.6 is 27.7 Å². The van der Waals surface area contributed by atoms with E-state index in [-0.39, 0.29) is 5.41 Å². The van der Waals surface area contributed by atoms with Gasteiger partial charge < -0.3 is 0 Å². The van der Waals surface area contributed by atoms with Crippen LogP contribution in [0.5, 0.6) is 0 Å². The largest absolute Gasteiger partial charge is 0.207 e. The van der Waals surface area contributed by atoms with E-state index < -0.39 is 11.6 Å². The molecule has 0 aliphatic rings. The van der Waals surface area contributed by atoms with Gasteiger partial charge in [0.1, 0.15) is 11.6 Å². The average molecular weight is 351 g/mol. The van der Waals surface area contributed by atoms with Crippen molar-refractivity contribution in [2.45, 2.75) is 44.4 Å². The Morgan fingerprint density at radius 1 is 1.16 bits per heavy atom. The van der Waals surface area contributed by atoms with Gasteiger partial charge in [-0.25, -0.2) is 8.78 Å². The third-order valence-electron chi connectivity index (χ3n) is 3.27. The SMILES string of the molecule is CCCC(CBr)(CCC)CSc1ccc(F)cc1F. The van der Waals surface area contributed by atoms with Gasteiger partial charge in [-0.15, -0.1) is 11.8 Å². The summed E-state index contributed by atoms with van der Waals surface area (Å²) in [6.07, 6.45) is 4.50. The van der Waals surface area contributed by atoms with Crippen molar-refractivity contribution in [1.82, 2.24) is 0 Å². The van der Waals surface area contributed by atoms with Gasteiger partial charge in [-0.1, -0.05) is 42.6 Å². The molecule has 0 nitrogen and oxygen atoms in total. The Kier molecular flexibility index (Phi) is 7.37. The first kappa shape index (κ1) is 17.0. The van der Waals surface area contributed by atoms with Crippen molar-refractivity contribution in [3.05, 3.63) is 29.8 Å². The molecule has 0 N–H and O–H groups in total. The molecule has 0 aliphatic heterocycles. The fourth-order valence-corrected chi connectivity index (χ4v) is 4.56. The molecular weight excluding hydrogens is 330 g/mol. The van der Waals surface area contributed by atoms with Gasteiger partial charge in [-0.3, -0.25) is 0 Å². The molecule has 0 spiro atoms. The molecule has 0 saturated heterocycles. The van der Waals surface area contributed by atoms with Crippen molar-refractivity contribution in [2.24, 2.45) is 5.41 Å². The molecule has 0 atom stereocenters. The fourth-order valence-electron chi connectivity index (χ4n) is 2.33. The lowest BCUT2D eigenvalue weighted by molar-refractivity contribution is 0.320. The number of halogens is 3. The third-order valence-corrected chi connectivity index (χ3v) is 5.86. The molecule has 0 aromatic heterocycles. The van der Waals surface area contributed by atoms with E-state index in [2.05, 4.69) is 29.8 Å². The lowest BCUT2D eigenvalue weighted by atomic mass is 9.83. The number of hydrogen-bond acceptors (Lipinski definition) is 1. The Morgan fingerprint density at radius 3 is 2.26 bits per heavy atom. The monoisotopic (exact) mass is 350 g/mol. The first-order valence-corrected chi connectivity index (χ1v) is 8.81. The van der Waals surface area contributed by atoms with Crippen LogP contribution in [-0.2, 0) is 0 Å². The van der Waals surface area contributed by atoms with Crippen molar-refractivity contribution < 1.29 is 8.78 Å². The van der Waals surface area contributed by atoms with Gasteiger partial charge in [-0.2, -0.15) is 0 Å². The van der Waals surface area contributed by atoms with E-state index in [0.717, 1.165) is 42.8 Å². The average Bonchev–Trinajstić information content (AvgIpc) is 2.38. The predicted octanol–water partition coefficient (Wildman–Crippen LogP) is 6.04. The van der Waals surface area contributed by atoms with Crippen LogP contribution in [0.3, 0.4) is 0 Å². The summed E-state index contributed by atoms with van der Waals surface area (Å²) < 4.78 is 26.5. The Bertz CT molecular complexity index is 390. The molecule has 0 amide bonds. The van der Waals surface area contributed by atoms with Crippen LogP contribution in [0.25, 0.3) is 0 Å². The van der Waals surface area contributed by atoms with Crippen LogP contribution in [0.15, 0.2) is 23.1 Å². The van der Waals surface area contributed by atoms with Crippen molar-refractivity contribution in [1.29, 1.82) is 0 Å². The highest BCUT2D eigenvalue weighted by molar-refractivity contribution is 9.09. The zero-order valence-corrected chi connectivity index (χ0v) is 13.9. The standard InChI is InChI=1S/C15H21BrF2S/c1-3-7-15(10-16,8-4-2)11-19-14-6-5-12(17)9-13(14)18/h5-6,9H,3-4,7-8,10-11H2,1-2H3. The highest BCUT2D eigenvalue weighted by Gasteiger charge is 2.27. The second kappa shape index (κ2) is 8.25. The van der Waals surface area contributed by atoms with Crippen LogP contribution in [0.1, 0.15) is 39.5 Å². The summed E-state index contributed by atoms with van der Waals surface area (Å²) in [4.78, 5) is 0.541. The van der Waals surface area contributed by atoms with Crippen LogP contribution in [-0.4, -0.2) is 11.1 Å². The smallest absolute Gasteiger partial charge is 0.139 e. The van der Waals surface area contributed by atoms with Crippen molar-refractivity contribution >= 4 is 27.7 Å². The Morgan fingerprint density at radius 2 is 1.79 bits per heavy atom. The lowest BCUT2D eigenvalue weighted by Gasteiger charge is -2.31. The maximum absolute atomic E-state index is 13.6. The van der Waals surface area contributed by atoms with E-state index in [1.165, 1.54) is 23.9 Å². The number of alkyl halides is 1. The quantitative estimate of drug-likeness (QED) is 0.406. The molecule has 0 bridgehead atoms. The van der Waals surface area contributed by atoms with Gasteiger partial charge in [-0.05, 0) is 30.4 Å². The molecule has 1 rings (SSSR count). The minimum Gasteiger partial charge on any atom is -0.207 e. The van der Waals surface area contributed by atoms with Crippen LogP contribution in [0.2, 0.25) is 0 Å². The second-order valence-corrected chi connectivity index (χ2v) is 6.57. The highest BCUT2D eigenvalue weighted by atomic mass is 79.9. The zero-order chi connectivity index (χ0) is 14.3. The van der Waals surface area contributed by atoms with E-state index in [4.69, 9.17) is 0 Å². The van der Waals surface area contributed by atoms with Gasteiger partial charge >= 0.3 is 0 Å². The first-order chi connectivity index (χ1) is 9.06. The molecule has 1 aromatic rings. The number of hydrogen-bond donors (Lipinski definition) is 0. The van der Waals surface area contributed by atoms with Gasteiger partial charge in [0.15, 0.2) is 0 Å². The number of rotatable bonds is 8. The van der Waals surface area contributed by atoms with E-state index in [1.807, 2.05) is 0 Å². The summed E-state index contributed by atoms with van der Waals surface area (Å²) in [6.45, 7) is 4.35. The number of benzene rings is 1. The van der Waals surface area contributed by atoms with E-state index in [1.54, 1.807) is 0 Å². The fraction of sp³-hybridized carbons (Fsp3) is 0.600. The second-order valence-electron chi connectivity index (χ2n) is 5.00. The van der Waals surface area contributed by atoms with Crippen molar-refractivity contribution in [2.75, 3.05) is 11.1 Å². The maximum Gasteiger partial charge on any atom is 0.139 e. The third kappa shape index (κ3) is 5.07. The summed E-state index contributed by atoms with van der Waals surface area (Å²) >= 11 is 5.11. The normalized spacial score (nSPS) is 11.8. The Labute approximate surface area is 127 Å². The van der Waals surface area contributed by atoms with Crippen LogP contribution in [0, 0.1) is 17.0 Å². The maximum atomic E-state index is 13.6. The van der Waals surface area contributed by atoms with Gasteiger partial charge in [0.2, 0.25) is 0 Å². The molecule has 0 saturated carbocycles. The molecule has 4 heteroatoms. The molecule has 0 heterocycles. The predicted molar refractivity (Wildman–Crippen MR) is 83.1 cm³/mol. The Hall–Kier alpha value is -0.0900. The number of thioether (sulfide) groups is 1. The molecule has 0 fully saturated rings. The highest BCUT2D eigenvalue weighted by Crippen LogP contribution is 2.38. The van der Waals surface area contributed by atoms with E-state index >= 15 is 0 Å². The zero-order valence-electron chi connectivity index (χ0n) is 11.5. The lowest BCUT2D eigenvalue weighted by Crippen LogP contribution is -2.25. The van der Waals surface area contributed by atoms with Crippen molar-refractivity contribution in [3.8, 4) is 0 Å². The van der Waals surface area contributed by atoms with Gasteiger partial charge in [0, 0.05) is 22.0 Å². The summed E-state index contributed by atoms with van der Waals surface area (Å²) in [5, 5.41) is 0.928. The van der Waals surface area contributed by atoms with Crippen LogP contribution < -0.4 is 0 Å². The summed E-state index contributed by atoms with van der Waals surface area (Å²) in [6, 6.07) is 3.81. The van der Waals surface area contributed by atoms with Gasteiger partial charge in [0.25, 0.3) is 0 Å². The van der Waals surface area contributed by atoms with Gasteiger partial charge in [0.05, 0.1) is 0 Å². The minimum absolute atomic E-state index is 0.203. The van der Waals surface area contributed by atoms with Crippen LogP contribution in [0.4, 0.5) is 8.78 Å². The van der Waals surface area contributed by atoms with Crippen molar-refractivity contribution in [3.63, 3.8) is 0 Å². The molecule has 108 valence electrons. The molecule has 1 aromatic carbocycles. The summed E-state index contributed by atoms with van der Waals surface area (Å²) in [5.74, 6) is -0.111. The summed E-state index contributed by atoms with van der Waals surface area (Å²) in [5.41, 5.74) is 0.203.